The van der Waals surface area contributed by atoms with Gasteiger partial charge in [0.05, 0.1) is 18.8 Å². The van der Waals surface area contributed by atoms with Crippen molar-refractivity contribution in [3.05, 3.63) is 60.2 Å². The van der Waals surface area contributed by atoms with Gasteiger partial charge in [-0.1, -0.05) is 56.0 Å². The number of carbonyl (C=O) groups excluding carboxylic acids is 1. The minimum absolute atomic E-state index is 0.0208. The molecule has 0 spiro atoms. The molecule has 0 saturated heterocycles. The van der Waals surface area contributed by atoms with Crippen LogP contribution in [0.15, 0.2) is 54.6 Å². The third kappa shape index (κ3) is 11.2. The number of amides is 1. The molecule has 0 bridgehead atoms. The Kier molecular flexibility index (Phi) is 14.2. The molecule has 36 heavy (non-hydrogen) atoms. The second kappa shape index (κ2) is 17.5. The van der Waals surface area contributed by atoms with E-state index < -0.39 is 0 Å². The Hall–Kier alpha value is -2.94. The van der Waals surface area contributed by atoms with Crippen molar-refractivity contribution in [2.75, 3.05) is 27.2 Å². The summed E-state index contributed by atoms with van der Waals surface area (Å²) in [5, 5.41) is 15.0. The summed E-state index contributed by atoms with van der Waals surface area (Å²) >= 11 is 0. The molecule has 0 heterocycles. The summed E-state index contributed by atoms with van der Waals surface area (Å²) in [5.41, 5.74) is 4.13. The lowest BCUT2D eigenvalue weighted by molar-refractivity contribution is -0.136. The predicted molar refractivity (Wildman–Crippen MR) is 145 cm³/mol. The molecule has 0 aliphatic heterocycles. The molecule has 2 aromatic carbocycles. The number of rotatable bonds is 19. The van der Waals surface area contributed by atoms with E-state index in [1.807, 2.05) is 49.4 Å². The topological polar surface area (TPSA) is 98.7 Å². The zero-order valence-electron chi connectivity index (χ0n) is 22.0. The fourth-order valence-corrected chi connectivity index (χ4v) is 3.76. The summed E-state index contributed by atoms with van der Waals surface area (Å²) in [6, 6.07) is 17.5. The van der Waals surface area contributed by atoms with Crippen LogP contribution in [0.2, 0.25) is 0 Å². The predicted octanol–water partition coefficient (Wildman–Crippen LogP) is 4.12. The van der Waals surface area contributed by atoms with E-state index in [-0.39, 0.29) is 18.1 Å². The summed E-state index contributed by atoms with van der Waals surface area (Å²) < 4.78 is 11.7. The molecule has 4 N–H and O–H groups in total. The van der Waals surface area contributed by atoms with Gasteiger partial charge in [0.2, 0.25) is 0 Å². The average Bonchev–Trinajstić information content (AvgIpc) is 2.92. The van der Waals surface area contributed by atoms with E-state index in [9.17, 15) is 4.79 Å². The van der Waals surface area contributed by atoms with Crippen LogP contribution in [-0.2, 0) is 11.4 Å². The molecular weight excluding hydrogens is 454 g/mol. The molecule has 0 saturated carbocycles. The van der Waals surface area contributed by atoms with Crippen molar-refractivity contribution in [2.45, 2.75) is 64.3 Å². The van der Waals surface area contributed by atoms with Crippen LogP contribution in [0.3, 0.4) is 0 Å². The number of ether oxygens (including phenoxy) is 2. The van der Waals surface area contributed by atoms with Crippen molar-refractivity contribution < 1.29 is 14.3 Å². The lowest BCUT2D eigenvalue weighted by Gasteiger charge is -2.27. The fourth-order valence-electron chi connectivity index (χ4n) is 3.76. The van der Waals surface area contributed by atoms with Crippen molar-refractivity contribution in [1.29, 1.82) is 5.41 Å². The van der Waals surface area contributed by atoms with Crippen molar-refractivity contribution >= 4 is 12.1 Å². The second-order valence-electron chi connectivity index (χ2n) is 8.75. The normalized spacial score (nSPS) is 12.5. The molecule has 8 heteroatoms. The Labute approximate surface area is 216 Å². The lowest BCUT2D eigenvalue weighted by Crippen LogP contribution is -2.55. The number of benzene rings is 2. The largest absolute Gasteiger partial charge is 0.494 e. The molecule has 0 aliphatic rings. The minimum Gasteiger partial charge on any atom is -0.494 e. The highest BCUT2D eigenvalue weighted by molar-refractivity contribution is 5.81. The molecule has 198 valence electrons. The zero-order valence-corrected chi connectivity index (χ0v) is 22.0. The molecule has 2 unspecified atom stereocenters. The Morgan fingerprint density at radius 1 is 0.917 bits per heavy atom. The smallest absolute Gasteiger partial charge is 0.253 e. The maximum Gasteiger partial charge on any atom is 0.253 e. The van der Waals surface area contributed by atoms with E-state index in [0.29, 0.717) is 19.8 Å². The van der Waals surface area contributed by atoms with Crippen molar-refractivity contribution in [3.8, 4) is 11.5 Å². The first kappa shape index (κ1) is 29.3. The molecule has 0 aliphatic carbocycles. The van der Waals surface area contributed by atoms with Gasteiger partial charge in [-0.3, -0.25) is 15.1 Å². The van der Waals surface area contributed by atoms with Gasteiger partial charge in [-0.2, -0.15) is 0 Å². The highest BCUT2D eigenvalue weighted by Crippen LogP contribution is 2.19. The highest BCUT2D eigenvalue weighted by atomic mass is 16.5. The minimum atomic E-state index is -0.380. The van der Waals surface area contributed by atoms with Crippen LogP contribution in [0.25, 0.3) is 0 Å². The van der Waals surface area contributed by atoms with E-state index in [1.54, 1.807) is 19.1 Å². The molecule has 1 amide bonds. The zero-order chi connectivity index (χ0) is 26.0. The van der Waals surface area contributed by atoms with E-state index in [1.165, 1.54) is 6.21 Å². The van der Waals surface area contributed by atoms with Gasteiger partial charge in [-0.05, 0) is 56.6 Å². The summed E-state index contributed by atoms with van der Waals surface area (Å²) in [4.78, 5) is 12.6. The molecule has 0 aromatic heterocycles. The average molecular weight is 498 g/mol. The third-order valence-electron chi connectivity index (χ3n) is 5.93. The standard InChI is InChI=1S/C28H43N5O3/c1-23(32-27(21-29)30-2)28(34)33(31-3)19-11-6-4-5-7-12-20-35-25-15-17-26(18-16-25)36-22-24-13-9-8-10-14-24/h8-10,13-18,21,23,27,29-32H,4-7,11-12,19-20,22H2,1-3H3. The fraction of sp³-hybridized carbons (Fsp3) is 0.500. The van der Waals surface area contributed by atoms with Gasteiger partial charge in [0.1, 0.15) is 18.1 Å². The van der Waals surface area contributed by atoms with Crippen molar-refractivity contribution in [1.82, 2.24) is 21.1 Å². The Morgan fingerprint density at radius 3 is 2.14 bits per heavy atom. The van der Waals surface area contributed by atoms with E-state index in [0.717, 1.165) is 55.6 Å². The van der Waals surface area contributed by atoms with Crippen molar-refractivity contribution in [2.24, 2.45) is 0 Å². The number of hydrogen-bond acceptors (Lipinski definition) is 7. The summed E-state index contributed by atoms with van der Waals surface area (Å²) in [6.45, 7) is 3.75. The maximum atomic E-state index is 12.6. The molecular formula is C28H43N5O3. The molecule has 2 atom stereocenters. The monoisotopic (exact) mass is 497 g/mol. The first-order valence-electron chi connectivity index (χ1n) is 12.9. The number of nitrogens with zero attached hydrogens (tertiary/aromatic N) is 1. The van der Waals surface area contributed by atoms with Crippen LogP contribution >= 0.6 is 0 Å². The quantitative estimate of drug-likeness (QED) is 0.101. The van der Waals surface area contributed by atoms with Crippen LogP contribution in [-0.4, -0.2) is 56.6 Å². The summed E-state index contributed by atoms with van der Waals surface area (Å²) in [5.74, 6) is 1.68. The van der Waals surface area contributed by atoms with Gasteiger partial charge in [0.15, 0.2) is 0 Å². The van der Waals surface area contributed by atoms with Gasteiger partial charge >= 0.3 is 0 Å². The molecule has 2 rings (SSSR count). The number of nitrogens with one attached hydrogen (secondary N) is 4. The molecule has 2 aromatic rings. The Morgan fingerprint density at radius 2 is 1.53 bits per heavy atom. The Bertz CT molecular complexity index is 863. The van der Waals surface area contributed by atoms with E-state index in [2.05, 4.69) is 28.2 Å². The first-order valence-corrected chi connectivity index (χ1v) is 12.9. The molecule has 0 radical (unpaired) electrons. The van der Waals surface area contributed by atoms with Crippen LogP contribution in [0, 0.1) is 5.41 Å². The van der Waals surface area contributed by atoms with E-state index >= 15 is 0 Å². The highest BCUT2D eigenvalue weighted by Gasteiger charge is 2.20. The van der Waals surface area contributed by atoms with E-state index in [4.69, 9.17) is 14.9 Å². The van der Waals surface area contributed by atoms with Crippen LogP contribution in [0.1, 0.15) is 51.0 Å². The van der Waals surface area contributed by atoms with Gasteiger partial charge in [-0.15, -0.1) is 0 Å². The van der Waals surface area contributed by atoms with Gasteiger partial charge in [0, 0.05) is 19.8 Å². The summed E-state index contributed by atoms with van der Waals surface area (Å²) in [7, 11) is 3.52. The number of hydrazine groups is 1. The SMILES string of the molecule is CNC(C=N)NC(C)C(=O)N(CCCCCCCCOc1ccc(OCc2ccccc2)cc1)NC. The maximum absolute atomic E-state index is 12.6. The Balaban J connectivity index is 1.51. The molecule has 0 fully saturated rings. The number of hydrogen-bond donors (Lipinski definition) is 4. The van der Waals surface area contributed by atoms with Gasteiger partial charge in [-0.25, -0.2) is 5.43 Å². The summed E-state index contributed by atoms with van der Waals surface area (Å²) in [6.07, 6.45) is 7.42. The number of carbonyl (C=O) groups is 1. The lowest BCUT2D eigenvalue weighted by atomic mass is 10.1. The number of unbranched alkanes of at least 4 members (excludes halogenated alkanes) is 5. The molecule has 8 nitrogen and oxygen atoms in total. The first-order chi connectivity index (χ1) is 17.6. The van der Waals surface area contributed by atoms with Gasteiger partial charge in [0.25, 0.3) is 5.91 Å². The van der Waals surface area contributed by atoms with Crippen molar-refractivity contribution in [3.63, 3.8) is 0 Å². The van der Waals surface area contributed by atoms with Crippen LogP contribution < -0.4 is 25.5 Å². The second-order valence-corrected chi connectivity index (χ2v) is 8.75. The third-order valence-corrected chi connectivity index (χ3v) is 5.93. The van der Waals surface area contributed by atoms with Gasteiger partial charge < -0.3 is 20.2 Å². The van der Waals surface area contributed by atoms with Crippen LogP contribution in [0.4, 0.5) is 0 Å². The van der Waals surface area contributed by atoms with Crippen LogP contribution in [0.5, 0.6) is 11.5 Å².